The normalized spacial score (nSPS) is 15.9. The first-order valence-electron chi connectivity index (χ1n) is 8.49. The molecule has 1 fully saturated rings. The van der Waals surface area contributed by atoms with Crippen LogP contribution in [0.5, 0.6) is 5.75 Å². The third kappa shape index (κ3) is 3.68. The molecular formula is C19H23ClN2O3S. The van der Waals surface area contributed by atoms with Gasteiger partial charge in [0.05, 0.1) is 12.0 Å². The van der Waals surface area contributed by atoms with Crippen molar-refractivity contribution in [2.75, 3.05) is 38.2 Å². The van der Waals surface area contributed by atoms with E-state index in [0.29, 0.717) is 47.4 Å². The average molecular weight is 395 g/mol. The Labute approximate surface area is 160 Å². The lowest BCUT2D eigenvalue weighted by molar-refractivity contribution is 0.384. The van der Waals surface area contributed by atoms with E-state index in [-0.39, 0.29) is 0 Å². The van der Waals surface area contributed by atoms with E-state index >= 15 is 0 Å². The summed E-state index contributed by atoms with van der Waals surface area (Å²) in [7, 11) is -1.94. The quantitative estimate of drug-likeness (QED) is 0.796. The van der Waals surface area contributed by atoms with Gasteiger partial charge in [0.1, 0.15) is 5.75 Å². The monoisotopic (exact) mass is 394 g/mol. The molecule has 1 aliphatic rings. The van der Waals surface area contributed by atoms with Gasteiger partial charge < -0.3 is 9.64 Å². The minimum atomic E-state index is -3.53. The van der Waals surface area contributed by atoms with Gasteiger partial charge in [0.15, 0.2) is 0 Å². The fraction of sp³-hybridized carbons (Fsp3) is 0.368. The van der Waals surface area contributed by atoms with Crippen LogP contribution in [0.15, 0.2) is 41.3 Å². The third-order valence-electron chi connectivity index (χ3n) is 4.72. The zero-order chi connectivity index (χ0) is 18.9. The van der Waals surface area contributed by atoms with Crippen LogP contribution in [0, 0.1) is 13.8 Å². The lowest BCUT2D eigenvalue weighted by atomic mass is 10.1. The molecule has 2 aromatic rings. The van der Waals surface area contributed by atoms with Crippen LogP contribution < -0.4 is 9.64 Å². The molecule has 1 aliphatic heterocycles. The van der Waals surface area contributed by atoms with Gasteiger partial charge in [0.2, 0.25) is 10.0 Å². The van der Waals surface area contributed by atoms with E-state index in [1.165, 1.54) is 0 Å². The molecule has 0 aromatic heterocycles. The molecule has 7 heteroatoms. The first kappa shape index (κ1) is 19.0. The maximum atomic E-state index is 13.1. The van der Waals surface area contributed by atoms with Crippen LogP contribution in [0.4, 0.5) is 5.69 Å². The van der Waals surface area contributed by atoms with Crippen LogP contribution in [-0.2, 0) is 10.0 Å². The van der Waals surface area contributed by atoms with Gasteiger partial charge in [-0.1, -0.05) is 17.7 Å². The fourth-order valence-electron chi connectivity index (χ4n) is 3.26. The van der Waals surface area contributed by atoms with Crippen molar-refractivity contribution in [2.24, 2.45) is 0 Å². The van der Waals surface area contributed by atoms with Gasteiger partial charge >= 0.3 is 0 Å². The third-order valence-corrected chi connectivity index (χ3v) is 7.00. The summed E-state index contributed by atoms with van der Waals surface area (Å²) in [5, 5.41) is 0.682. The van der Waals surface area contributed by atoms with Gasteiger partial charge in [-0.2, -0.15) is 4.31 Å². The van der Waals surface area contributed by atoms with Crippen molar-refractivity contribution in [3.05, 3.63) is 52.5 Å². The average Bonchev–Trinajstić information content (AvgIpc) is 2.63. The number of piperazine rings is 1. The van der Waals surface area contributed by atoms with Gasteiger partial charge in [0.25, 0.3) is 0 Å². The number of aryl methyl sites for hydroxylation is 2. The number of nitrogens with zero attached hydrogens (tertiary/aromatic N) is 2. The lowest BCUT2D eigenvalue weighted by Gasteiger charge is -2.35. The summed E-state index contributed by atoms with van der Waals surface area (Å²) >= 11 is 6.06. The van der Waals surface area contributed by atoms with Crippen molar-refractivity contribution in [1.29, 1.82) is 0 Å². The number of ether oxygens (including phenoxy) is 1. The second kappa shape index (κ2) is 7.47. The predicted octanol–water partition coefficient (Wildman–Crippen LogP) is 3.48. The number of benzene rings is 2. The lowest BCUT2D eigenvalue weighted by Crippen LogP contribution is -2.48. The number of anilines is 1. The summed E-state index contributed by atoms with van der Waals surface area (Å²) in [6.07, 6.45) is 0. The Kier molecular flexibility index (Phi) is 5.46. The SMILES string of the molecule is COc1cc(C)c(S(=O)(=O)N2CCN(c3cccc(Cl)c3)CC2)cc1C. The Morgan fingerprint density at radius 1 is 1.00 bits per heavy atom. The Bertz CT molecular complexity index is 907. The summed E-state index contributed by atoms with van der Waals surface area (Å²) in [6.45, 7) is 5.81. The maximum absolute atomic E-state index is 13.1. The molecule has 5 nitrogen and oxygen atoms in total. The molecule has 1 heterocycles. The van der Waals surface area contributed by atoms with Crippen molar-refractivity contribution in [2.45, 2.75) is 18.7 Å². The summed E-state index contributed by atoms with van der Waals surface area (Å²) in [5.74, 6) is 0.701. The number of rotatable bonds is 4. The Morgan fingerprint density at radius 2 is 1.69 bits per heavy atom. The summed E-state index contributed by atoms with van der Waals surface area (Å²) in [4.78, 5) is 2.51. The molecule has 2 aromatic carbocycles. The molecule has 26 heavy (non-hydrogen) atoms. The summed E-state index contributed by atoms with van der Waals surface area (Å²) in [6, 6.07) is 11.1. The highest BCUT2D eigenvalue weighted by Crippen LogP contribution is 2.29. The van der Waals surface area contributed by atoms with Crippen LogP contribution >= 0.6 is 11.6 Å². The van der Waals surface area contributed by atoms with E-state index in [1.54, 1.807) is 30.5 Å². The summed E-state index contributed by atoms with van der Waals surface area (Å²) < 4.78 is 33.0. The van der Waals surface area contributed by atoms with Gasteiger partial charge in [0, 0.05) is 36.9 Å². The van der Waals surface area contributed by atoms with Crippen molar-refractivity contribution in [3.63, 3.8) is 0 Å². The molecule has 0 unspecified atom stereocenters. The van der Waals surface area contributed by atoms with Crippen LogP contribution in [-0.4, -0.2) is 46.0 Å². The highest BCUT2D eigenvalue weighted by atomic mass is 35.5. The van der Waals surface area contributed by atoms with Crippen LogP contribution in [0.1, 0.15) is 11.1 Å². The fourth-order valence-corrected chi connectivity index (χ4v) is 5.16. The van der Waals surface area contributed by atoms with Crippen molar-refractivity contribution >= 4 is 27.3 Å². The maximum Gasteiger partial charge on any atom is 0.243 e. The van der Waals surface area contributed by atoms with Gasteiger partial charge in [-0.15, -0.1) is 0 Å². The molecule has 3 rings (SSSR count). The van der Waals surface area contributed by atoms with E-state index in [2.05, 4.69) is 4.90 Å². The standard InChI is InChI=1S/C19H23ClN2O3S/c1-14-12-19(15(2)11-18(14)25-3)26(23,24)22-9-7-21(8-10-22)17-6-4-5-16(20)13-17/h4-6,11-13H,7-10H2,1-3H3. The van der Waals surface area contributed by atoms with E-state index < -0.39 is 10.0 Å². The molecule has 0 N–H and O–H groups in total. The molecule has 0 bridgehead atoms. The number of hydrogen-bond acceptors (Lipinski definition) is 4. The first-order valence-corrected chi connectivity index (χ1v) is 10.3. The van der Waals surface area contributed by atoms with Gasteiger partial charge in [-0.25, -0.2) is 8.42 Å². The van der Waals surface area contributed by atoms with Crippen LogP contribution in [0.25, 0.3) is 0 Å². The predicted molar refractivity (Wildman–Crippen MR) is 105 cm³/mol. The Morgan fingerprint density at radius 3 is 2.31 bits per heavy atom. The largest absolute Gasteiger partial charge is 0.496 e. The molecule has 0 radical (unpaired) electrons. The molecule has 0 saturated carbocycles. The highest BCUT2D eigenvalue weighted by Gasteiger charge is 2.30. The Hall–Kier alpha value is -1.76. The van der Waals surface area contributed by atoms with E-state index in [9.17, 15) is 8.42 Å². The molecule has 1 saturated heterocycles. The zero-order valence-electron chi connectivity index (χ0n) is 15.2. The minimum absolute atomic E-state index is 0.354. The first-order chi connectivity index (χ1) is 12.3. The molecule has 0 atom stereocenters. The molecular weight excluding hydrogens is 372 g/mol. The molecule has 0 amide bonds. The smallest absolute Gasteiger partial charge is 0.243 e. The number of methoxy groups -OCH3 is 1. The topological polar surface area (TPSA) is 49.9 Å². The van der Waals surface area contributed by atoms with Crippen LogP contribution in [0.2, 0.25) is 5.02 Å². The Balaban J connectivity index is 1.79. The molecule has 0 spiro atoms. The van der Waals surface area contributed by atoms with E-state index in [0.717, 1.165) is 11.3 Å². The second-order valence-electron chi connectivity index (χ2n) is 6.46. The van der Waals surface area contributed by atoms with E-state index in [4.69, 9.17) is 16.3 Å². The van der Waals surface area contributed by atoms with Crippen LogP contribution in [0.3, 0.4) is 0 Å². The molecule has 140 valence electrons. The van der Waals surface area contributed by atoms with Crippen molar-refractivity contribution in [3.8, 4) is 5.75 Å². The highest BCUT2D eigenvalue weighted by molar-refractivity contribution is 7.89. The van der Waals surface area contributed by atoms with Gasteiger partial charge in [-0.05, 0) is 55.3 Å². The molecule has 0 aliphatic carbocycles. The summed E-state index contributed by atoms with van der Waals surface area (Å²) in [5.41, 5.74) is 2.53. The van der Waals surface area contributed by atoms with Crippen molar-refractivity contribution in [1.82, 2.24) is 4.31 Å². The number of sulfonamides is 1. The van der Waals surface area contributed by atoms with Crippen molar-refractivity contribution < 1.29 is 13.2 Å². The van der Waals surface area contributed by atoms with E-state index in [1.807, 2.05) is 31.2 Å². The second-order valence-corrected chi connectivity index (χ2v) is 8.80. The minimum Gasteiger partial charge on any atom is -0.496 e. The number of hydrogen-bond donors (Lipinski definition) is 0. The number of halogens is 1. The van der Waals surface area contributed by atoms with Gasteiger partial charge in [-0.3, -0.25) is 0 Å². The zero-order valence-corrected chi connectivity index (χ0v) is 16.8.